The van der Waals surface area contributed by atoms with Gasteiger partial charge in [0, 0.05) is 25.7 Å². The van der Waals surface area contributed by atoms with Gasteiger partial charge in [-0.2, -0.15) is 4.98 Å². The number of carbonyl (C=O) groups is 2. The van der Waals surface area contributed by atoms with E-state index in [0.29, 0.717) is 22.9 Å². The summed E-state index contributed by atoms with van der Waals surface area (Å²) in [6, 6.07) is 12.4. The van der Waals surface area contributed by atoms with Gasteiger partial charge in [0.1, 0.15) is 11.5 Å². The van der Waals surface area contributed by atoms with Crippen LogP contribution in [0.3, 0.4) is 0 Å². The van der Waals surface area contributed by atoms with E-state index in [0.717, 1.165) is 0 Å². The van der Waals surface area contributed by atoms with Crippen molar-refractivity contribution in [2.75, 3.05) is 28.7 Å². The normalized spacial score (nSPS) is 13.6. The smallest absolute Gasteiger partial charge is 0.335 e. The number of aromatic carboxylic acids is 1. The molecule has 0 spiro atoms. The Labute approximate surface area is 171 Å². The van der Waals surface area contributed by atoms with Crippen LogP contribution in [0.5, 0.6) is 0 Å². The molecule has 0 saturated carbocycles. The maximum absolute atomic E-state index is 14.5. The van der Waals surface area contributed by atoms with Crippen LogP contribution in [0, 0.1) is 5.82 Å². The number of rotatable bonds is 4. The second-order valence-corrected chi connectivity index (χ2v) is 6.72. The molecule has 0 radical (unpaired) electrons. The number of carboxylic acids is 1. The molecule has 1 aliphatic heterocycles. The van der Waals surface area contributed by atoms with Crippen molar-refractivity contribution in [3.8, 4) is 0 Å². The minimum atomic E-state index is -1.02. The van der Waals surface area contributed by atoms with E-state index in [-0.39, 0.29) is 30.4 Å². The Balaban J connectivity index is 1.73. The lowest BCUT2D eigenvalue weighted by atomic mass is 10.2. The van der Waals surface area contributed by atoms with Crippen LogP contribution in [0.1, 0.15) is 16.8 Å². The first-order chi connectivity index (χ1) is 14.4. The Bertz CT molecular complexity index is 1120. The van der Waals surface area contributed by atoms with Gasteiger partial charge in [-0.25, -0.2) is 14.2 Å². The number of carboxylic acid groups (broad SMARTS) is 1. The van der Waals surface area contributed by atoms with Crippen molar-refractivity contribution in [3.63, 3.8) is 0 Å². The average molecular weight is 407 g/mol. The van der Waals surface area contributed by atoms with Gasteiger partial charge in [-0.3, -0.25) is 4.79 Å². The summed E-state index contributed by atoms with van der Waals surface area (Å²) in [5, 5.41) is 12.0. The Kier molecular flexibility index (Phi) is 5.01. The number of nitrogens with one attached hydrogen (secondary N) is 1. The number of hydrogen-bond acceptors (Lipinski definition) is 6. The Morgan fingerprint density at radius 3 is 2.57 bits per heavy atom. The fourth-order valence-electron chi connectivity index (χ4n) is 3.21. The van der Waals surface area contributed by atoms with Crippen molar-refractivity contribution in [2.24, 2.45) is 0 Å². The molecule has 0 saturated heterocycles. The number of anilines is 5. The molecule has 9 heteroatoms. The van der Waals surface area contributed by atoms with Gasteiger partial charge >= 0.3 is 5.97 Å². The van der Waals surface area contributed by atoms with Crippen LogP contribution in [0.2, 0.25) is 0 Å². The van der Waals surface area contributed by atoms with Crippen LogP contribution >= 0.6 is 0 Å². The maximum atomic E-state index is 14.5. The molecule has 0 atom stereocenters. The van der Waals surface area contributed by atoms with Gasteiger partial charge in [0.15, 0.2) is 5.82 Å². The zero-order valence-electron chi connectivity index (χ0n) is 16.0. The topological polar surface area (TPSA) is 98.7 Å². The van der Waals surface area contributed by atoms with Crippen LogP contribution in [-0.2, 0) is 4.79 Å². The maximum Gasteiger partial charge on any atom is 0.335 e. The number of benzene rings is 2. The summed E-state index contributed by atoms with van der Waals surface area (Å²) >= 11 is 0. The van der Waals surface area contributed by atoms with Crippen molar-refractivity contribution < 1.29 is 19.1 Å². The van der Waals surface area contributed by atoms with E-state index >= 15 is 0 Å². The van der Waals surface area contributed by atoms with E-state index in [1.165, 1.54) is 29.3 Å². The zero-order valence-corrected chi connectivity index (χ0v) is 16.0. The van der Waals surface area contributed by atoms with Crippen LogP contribution in [0.4, 0.5) is 33.2 Å². The molecule has 0 aliphatic carbocycles. The van der Waals surface area contributed by atoms with Gasteiger partial charge in [0.05, 0.1) is 17.4 Å². The number of amides is 1. The summed E-state index contributed by atoms with van der Waals surface area (Å²) in [4.78, 5) is 35.3. The van der Waals surface area contributed by atoms with Gasteiger partial charge in [-0.15, -0.1) is 0 Å². The van der Waals surface area contributed by atoms with Crippen LogP contribution in [-0.4, -0.2) is 40.5 Å². The molecular formula is C21H18FN5O3. The Hall–Kier alpha value is -4.01. The van der Waals surface area contributed by atoms with Gasteiger partial charge in [0.2, 0.25) is 11.9 Å². The zero-order chi connectivity index (χ0) is 21.3. The number of aromatic nitrogens is 2. The molecule has 30 heavy (non-hydrogen) atoms. The summed E-state index contributed by atoms with van der Waals surface area (Å²) in [5.74, 6) is -0.924. The quantitative estimate of drug-likeness (QED) is 0.682. The minimum Gasteiger partial charge on any atom is -0.478 e. The highest BCUT2D eigenvalue weighted by Gasteiger charge is 2.28. The number of carbonyl (C=O) groups excluding carboxylic acids is 1. The second kappa shape index (κ2) is 7.78. The van der Waals surface area contributed by atoms with Gasteiger partial charge in [-0.05, 0) is 36.4 Å². The molecule has 4 rings (SSSR count). The van der Waals surface area contributed by atoms with E-state index in [9.17, 15) is 14.0 Å². The lowest BCUT2D eigenvalue weighted by molar-refractivity contribution is -0.118. The van der Waals surface area contributed by atoms with Crippen LogP contribution in [0.15, 0.2) is 54.7 Å². The first kappa shape index (κ1) is 19.3. The fourth-order valence-corrected chi connectivity index (χ4v) is 3.21. The number of hydrogen-bond donors (Lipinski definition) is 2. The molecule has 2 aromatic carbocycles. The highest BCUT2D eigenvalue weighted by Crippen LogP contribution is 2.36. The van der Waals surface area contributed by atoms with Crippen molar-refractivity contribution >= 4 is 40.7 Å². The molecule has 8 nitrogen and oxygen atoms in total. The molecule has 0 fully saturated rings. The third-order valence-corrected chi connectivity index (χ3v) is 4.82. The molecule has 2 N–H and O–H groups in total. The van der Waals surface area contributed by atoms with Crippen molar-refractivity contribution in [1.29, 1.82) is 0 Å². The van der Waals surface area contributed by atoms with E-state index in [1.54, 1.807) is 42.3 Å². The standard InChI is InChI=1S/C21H18FN5O3/c1-26-17-12-23-21(24-14-8-6-13(7-9-14)20(29)30)25-19(17)27(11-10-18(26)28)16-5-3-2-4-15(16)22/h2-9,12H,10-11H2,1H3,(H,29,30)(H,23,24,25). The number of para-hydroxylation sites is 1. The Morgan fingerprint density at radius 2 is 1.87 bits per heavy atom. The third kappa shape index (κ3) is 3.64. The third-order valence-electron chi connectivity index (χ3n) is 4.82. The van der Waals surface area contributed by atoms with Crippen molar-refractivity contribution in [1.82, 2.24) is 9.97 Å². The van der Waals surface area contributed by atoms with Crippen molar-refractivity contribution in [3.05, 3.63) is 66.1 Å². The molecule has 3 aromatic rings. The van der Waals surface area contributed by atoms with E-state index in [2.05, 4.69) is 15.3 Å². The molecule has 1 aliphatic rings. The minimum absolute atomic E-state index is 0.122. The number of halogens is 1. The first-order valence-corrected chi connectivity index (χ1v) is 9.20. The van der Waals surface area contributed by atoms with Crippen LogP contribution in [0.25, 0.3) is 0 Å². The predicted octanol–water partition coefficient (Wildman–Crippen LogP) is 3.56. The van der Waals surface area contributed by atoms with Gasteiger partial charge < -0.3 is 20.2 Å². The largest absolute Gasteiger partial charge is 0.478 e. The summed E-state index contributed by atoms with van der Waals surface area (Å²) in [5.41, 5.74) is 1.54. The molecule has 0 bridgehead atoms. The molecule has 1 amide bonds. The molecule has 152 valence electrons. The van der Waals surface area contributed by atoms with Crippen LogP contribution < -0.4 is 15.1 Å². The van der Waals surface area contributed by atoms with Gasteiger partial charge in [-0.1, -0.05) is 12.1 Å². The number of nitrogens with zero attached hydrogens (tertiary/aromatic N) is 4. The Morgan fingerprint density at radius 1 is 1.13 bits per heavy atom. The lowest BCUT2D eigenvalue weighted by Crippen LogP contribution is -2.25. The van der Waals surface area contributed by atoms with Gasteiger partial charge in [0.25, 0.3) is 0 Å². The van der Waals surface area contributed by atoms with E-state index < -0.39 is 11.8 Å². The summed E-state index contributed by atoms with van der Waals surface area (Å²) < 4.78 is 14.5. The number of fused-ring (bicyclic) bond motifs is 1. The SMILES string of the molecule is CN1C(=O)CCN(c2ccccc2F)c2nc(Nc3ccc(C(=O)O)cc3)ncc21. The predicted molar refractivity (Wildman–Crippen MR) is 110 cm³/mol. The molecular weight excluding hydrogens is 389 g/mol. The monoisotopic (exact) mass is 407 g/mol. The summed E-state index contributed by atoms with van der Waals surface area (Å²) in [6.45, 7) is 0.265. The first-order valence-electron chi connectivity index (χ1n) is 9.20. The highest BCUT2D eigenvalue weighted by molar-refractivity contribution is 5.98. The fraction of sp³-hybridized carbons (Fsp3) is 0.143. The lowest BCUT2D eigenvalue weighted by Gasteiger charge is -2.24. The second-order valence-electron chi connectivity index (χ2n) is 6.72. The molecule has 2 heterocycles. The van der Waals surface area contributed by atoms with E-state index in [4.69, 9.17) is 5.11 Å². The molecule has 1 aromatic heterocycles. The highest BCUT2D eigenvalue weighted by atomic mass is 19.1. The molecule has 0 unspecified atom stereocenters. The summed E-state index contributed by atoms with van der Waals surface area (Å²) in [6.07, 6.45) is 1.70. The van der Waals surface area contributed by atoms with E-state index in [1.807, 2.05) is 0 Å². The summed E-state index contributed by atoms with van der Waals surface area (Å²) in [7, 11) is 1.63. The van der Waals surface area contributed by atoms with Crippen molar-refractivity contribution in [2.45, 2.75) is 6.42 Å². The average Bonchev–Trinajstić information content (AvgIpc) is 2.86.